The van der Waals surface area contributed by atoms with Gasteiger partial charge >= 0.3 is 11.9 Å². The second-order valence-electron chi connectivity index (χ2n) is 8.88. The van der Waals surface area contributed by atoms with Crippen molar-refractivity contribution in [3.8, 4) is 0 Å². The molecule has 0 aliphatic carbocycles. The normalized spacial score (nSPS) is 15.1. The van der Waals surface area contributed by atoms with Crippen LogP contribution in [-0.4, -0.2) is 56.2 Å². The first-order valence-electron chi connectivity index (χ1n) is 13.5. The summed E-state index contributed by atoms with van der Waals surface area (Å²) in [5.41, 5.74) is 1.35. The molecule has 0 spiro atoms. The van der Waals surface area contributed by atoms with Gasteiger partial charge in [-0.05, 0) is 33.3 Å². The Balaban J connectivity index is 2.02. The van der Waals surface area contributed by atoms with E-state index in [1.807, 2.05) is 30.3 Å². The first-order chi connectivity index (χ1) is 19.8. The topological polar surface area (TPSA) is 135 Å². The molecule has 0 bridgehead atoms. The van der Waals surface area contributed by atoms with Crippen molar-refractivity contribution in [3.63, 3.8) is 0 Å². The van der Waals surface area contributed by atoms with Gasteiger partial charge in [-0.15, -0.1) is 0 Å². The zero-order valence-electron chi connectivity index (χ0n) is 23.7. The Bertz CT molecular complexity index is 1270. The molecule has 1 aliphatic rings. The van der Waals surface area contributed by atoms with Crippen LogP contribution in [0.15, 0.2) is 77.1 Å². The van der Waals surface area contributed by atoms with Gasteiger partial charge in [0.2, 0.25) is 0 Å². The van der Waals surface area contributed by atoms with Crippen LogP contribution < -0.4 is 5.32 Å². The Morgan fingerprint density at radius 3 is 2.15 bits per heavy atom. The molecule has 0 fully saturated rings. The lowest BCUT2D eigenvalue weighted by Crippen LogP contribution is -2.39. The third-order valence-electron chi connectivity index (χ3n) is 6.20. The Morgan fingerprint density at radius 2 is 1.51 bits per heavy atom. The lowest BCUT2D eigenvalue weighted by Gasteiger charge is -2.34. The van der Waals surface area contributed by atoms with E-state index in [1.54, 1.807) is 33.8 Å². The summed E-state index contributed by atoms with van der Waals surface area (Å²) in [4.78, 5) is 38.6. The summed E-state index contributed by atoms with van der Waals surface area (Å²) in [5.74, 6) is -2.73. The fraction of sp³-hybridized carbons (Fsp3) is 0.400. The van der Waals surface area contributed by atoms with Crippen LogP contribution >= 0.6 is 0 Å². The zero-order valence-corrected chi connectivity index (χ0v) is 23.7. The van der Waals surface area contributed by atoms with Crippen LogP contribution in [0.4, 0.5) is 5.69 Å². The van der Waals surface area contributed by atoms with Crippen molar-refractivity contribution in [2.75, 3.05) is 33.0 Å². The molecule has 2 aromatic carbocycles. The van der Waals surface area contributed by atoms with Gasteiger partial charge in [0.25, 0.3) is 5.69 Å². The van der Waals surface area contributed by atoms with Gasteiger partial charge in [0.05, 0.1) is 47.5 Å². The molecule has 0 amide bonds. The largest absolute Gasteiger partial charge is 0.463 e. The number of nitro groups is 1. The van der Waals surface area contributed by atoms with Gasteiger partial charge in [0.1, 0.15) is 6.61 Å². The van der Waals surface area contributed by atoms with Crippen molar-refractivity contribution in [2.45, 2.75) is 46.5 Å². The molecule has 3 rings (SSSR count). The molecule has 0 radical (unpaired) electrons. The van der Waals surface area contributed by atoms with Crippen LogP contribution in [0.1, 0.15) is 44.7 Å². The molecule has 0 saturated heterocycles. The minimum absolute atomic E-state index is 0.0286. The highest BCUT2D eigenvalue weighted by atomic mass is 16.7. The minimum atomic E-state index is -1.20. The monoisotopic (exact) mass is 568 g/mol. The molecule has 0 saturated carbocycles. The average molecular weight is 569 g/mol. The number of hydrogen-bond donors (Lipinski definition) is 1. The third-order valence-corrected chi connectivity index (χ3v) is 6.20. The van der Waals surface area contributed by atoms with Crippen molar-refractivity contribution in [3.05, 3.63) is 98.4 Å². The molecule has 220 valence electrons. The van der Waals surface area contributed by atoms with Gasteiger partial charge in [0, 0.05) is 30.5 Å². The summed E-state index contributed by atoms with van der Waals surface area (Å²) in [6, 6.07) is 15.5. The van der Waals surface area contributed by atoms with E-state index in [9.17, 15) is 19.7 Å². The minimum Gasteiger partial charge on any atom is -0.463 e. The predicted octanol–water partition coefficient (Wildman–Crippen LogP) is 4.53. The van der Waals surface area contributed by atoms with Gasteiger partial charge in [0.15, 0.2) is 6.29 Å². The fourth-order valence-corrected chi connectivity index (χ4v) is 4.51. The second kappa shape index (κ2) is 15.7. The Hall–Kier alpha value is -4.06. The van der Waals surface area contributed by atoms with Crippen molar-refractivity contribution in [2.24, 2.45) is 0 Å². The number of nitro benzene ring substituents is 1. The second-order valence-corrected chi connectivity index (χ2v) is 8.88. The molecule has 11 nitrogen and oxygen atoms in total. The van der Waals surface area contributed by atoms with Gasteiger partial charge in [-0.2, -0.15) is 0 Å². The van der Waals surface area contributed by atoms with E-state index in [-0.39, 0.29) is 61.1 Å². The number of carbonyl (C=O) groups excluding carboxylic acids is 2. The van der Waals surface area contributed by atoms with Gasteiger partial charge in [-0.3, -0.25) is 10.1 Å². The van der Waals surface area contributed by atoms with Crippen molar-refractivity contribution >= 4 is 17.6 Å². The first kappa shape index (κ1) is 31.5. The number of nitrogens with zero attached hydrogens (tertiary/aromatic N) is 1. The molecule has 41 heavy (non-hydrogen) atoms. The number of rotatable bonds is 15. The number of nitrogens with one attached hydrogen (secondary N) is 1. The van der Waals surface area contributed by atoms with E-state index in [1.165, 1.54) is 18.2 Å². The molecule has 0 aromatic heterocycles. The summed E-state index contributed by atoms with van der Waals surface area (Å²) in [6.07, 6.45) is -1.02. The van der Waals surface area contributed by atoms with Crippen molar-refractivity contribution in [1.29, 1.82) is 0 Å². The highest BCUT2D eigenvalue weighted by Crippen LogP contribution is 2.43. The molecule has 2 aromatic rings. The number of dihydropyridines is 1. The third kappa shape index (κ3) is 8.00. The summed E-state index contributed by atoms with van der Waals surface area (Å²) in [6.45, 7) is 7.74. The SMILES string of the molecule is CCOC(=O)C1=C(C(OCC)OCC)NC(C)=C(C(=O)OCCOCc2ccccc2)C1c1ccccc1[N+](=O)[O-]. The Morgan fingerprint density at radius 1 is 0.878 bits per heavy atom. The summed E-state index contributed by atoms with van der Waals surface area (Å²) in [5, 5.41) is 15.2. The highest BCUT2D eigenvalue weighted by molar-refractivity contribution is 6.00. The van der Waals surface area contributed by atoms with E-state index in [0.717, 1.165) is 5.56 Å². The van der Waals surface area contributed by atoms with Crippen molar-refractivity contribution < 1.29 is 38.2 Å². The maximum Gasteiger partial charge on any atom is 0.336 e. The fourth-order valence-electron chi connectivity index (χ4n) is 4.51. The summed E-state index contributed by atoms with van der Waals surface area (Å²) in [7, 11) is 0. The maximum absolute atomic E-state index is 13.6. The molecule has 11 heteroatoms. The van der Waals surface area contributed by atoms with Crippen molar-refractivity contribution in [1.82, 2.24) is 5.32 Å². The summed E-state index contributed by atoms with van der Waals surface area (Å²) < 4.78 is 28.1. The molecule has 1 aliphatic heterocycles. The van der Waals surface area contributed by atoms with Crippen LogP contribution in [0.25, 0.3) is 0 Å². The van der Waals surface area contributed by atoms with E-state index < -0.39 is 29.1 Å². The molecule has 1 N–H and O–H groups in total. The Kier molecular flexibility index (Phi) is 12.0. The summed E-state index contributed by atoms with van der Waals surface area (Å²) >= 11 is 0. The van der Waals surface area contributed by atoms with Crippen LogP contribution in [-0.2, 0) is 39.9 Å². The van der Waals surface area contributed by atoms with E-state index in [4.69, 9.17) is 23.7 Å². The smallest absolute Gasteiger partial charge is 0.336 e. The number of para-hydroxylation sites is 1. The van der Waals surface area contributed by atoms with Gasteiger partial charge < -0.3 is 29.0 Å². The lowest BCUT2D eigenvalue weighted by atomic mass is 9.79. The van der Waals surface area contributed by atoms with Crippen LogP contribution in [0.5, 0.6) is 0 Å². The number of ether oxygens (including phenoxy) is 5. The number of benzene rings is 2. The van der Waals surface area contributed by atoms with E-state index in [0.29, 0.717) is 12.3 Å². The average Bonchev–Trinajstić information content (AvgIpc) is 2.96. The lowest BCUT2D eigenvalue weighted by molar-refractivity contribution is -0.385. The molecule has 1 heterocycles. The highest BCUT2D eigenvalue weighted by Gasteiger charge is 2.43. The number of carbonyl (C=O) groups is 2. The van der Waals surface area contributed by atoms with Gasteiger partial charge in [-0.25, -0.2) is 9.59 Å². The van der Waals surface area contributed by atoms with Gasteiger partial charge in [-0.1, -0.05) is 48.5 Å². The molecular weight excluding hydrogens is 532 g/mol. The number of esters is 2. The standard InChI is InChI=1S/C30H36N2O9/c1-5-38-29(34)26-25(22-15-11-12-16-23(22)32(35)36)24(20(4)31-27(26)30(39-6-2)40-7-3)28(33)41-18-17-37-19-21-13-9-8-10-14-21/h8-16,25,30-31H,5-7,17-19H2,1-4H3. The number of allylic oxidation sites excluding steroid dienone is 1. The zero-order chi connectivity index (χ0) is 29.8. The quantitative estimate of drug-likeness (QED) is 0.107. The molecule has 1 atom stereocenters. The Labute approximate surface area is 239 Å². The maximum atomic E-state index is 13.6. The van der Waals surface area contributed by atoms with E-state index in [2.05, 4.69) is 5.32 Å². The molecular formula is C30H36N2O9. The van der Waals surface area contributed by atoms with E-state index >= 15 is 0 Å². The van der Waals surface area contributed by atoms with Crippen LogP contribution in [0.3, 0.4) is 0 Å². The van der Waals surface area contributed by atoms with Crippen LogP contribution in [0.2, 0.25) is 0 Å². The van der Waals surface area contributed by atoms with Crippen LogP contribution in [0, 0.1) is 10.1 Å². The predicted molar refractivity (Wildman–Crippen MR) is 149 cm³/mol. The number of hydrogen-bond acceptors (Lipinski definition) is 10. The first-order valence-corrected chi connectivity index (χ1v) is 13.5. The molecule has 1 unspecified atom stereocenters.